The summed E-state index contributed by atoms with van der Waals surface area (Å²) in [7, 11) is 0. The third-order valence-electron chi connectivity index (χ3n) is 7.24. The van der Waals surface area contributed by atoms with Crippen LogP contribution >= 0.6 is 11.3 Å². The molecule has 0 unspecified atom stereocenters. The van der Waals surface area contributed by atoms with E-state index in [-0.39, 0.29) is 0 Å². The smallest absolute Gasteiger partial charge is 0.183 e. The van der Waals surface area contributed by atoms with Gasteiger partial charge in [-0.1, -0.05) is 103 Å². The van der Waals surface area contributed by atoms with E-state index in [0.717, 1.165) is 43.4 Å². The average molecular weight is 544 g/mol. The van der Waals surface area contributed by atoms with E-state index in [9.17, 15) is 0 Å². The zero-order chi connectivity index (χ0) is 27.2. The first-order valence-corrected chi connectivity index (χ1v) is 14.2. The summed E-state index contributed by atoms with van der Waals surface area (Å²) in [5, 5.41) is 3.43. The topological polar surface area (TPSA) is 64.5 Å². The van der Waals surface area contributed by atoms with Crippen molar-refractivity contribution >= 4 is 42.4 Å². The lowest BCUT2D eigenvalue weighted by molar-refractivity contribution is 1.07. The molecule has 4 aromatic heterocycles. The lowest BCUT2D eigenvalue weighted by atomic mass is 10.0. The highest BCUT2D eigenvalue weighted by atomic mass is 32.1. The molecule has 4 heterocycles. The van der Waals surface area contributed by atoms with Crippen molar-refractivity contribution in [3.63, 3.8) is 0 Å². The Morgan fingerprint density at radius 1 is 0.463 bits per heavy atom. The van der Waals surface area contributed by atoms with E-state index in [1.807, 2.05) is 54.9 Å². The van der Waals surface area contributed by atoms with Crippen LogP contribution in [0.2, 0.25) is 0 Å². The molecule has 0 fully saturated rings. The van der Waals surface area contributed by atoms with Crippen molar-refractivity contribution in [2.24, 2.45) is 0 Å². The van der Waals surface area contributed by atoms with Crippen LogP contribution in [0, 0.1) is 0 Å². The molecular formula is C35H21N5S. The van der Waals surface area contributed by atoms with E-state index in [0.29, 0.717) is 17.5 Å². The molecule has 0 aliphatic heterocycles. The number of benzene rings is 4. The number of hydrogen-bond acceptors (Lipinski definition) is 6. The van der Waals surface area contributed by atoms with Crippen molar-refractivity contribution in [2.75, 3.05) is 0 Å². The number of nitrogens with zero attached hydrogens (tertiary/aromatic N) is 5. The standard InChI is InChI=1S/C35H21N5S/c1-3-9-22(10-4-1)23-15-17-25(18-16-23)34-38-33(24-11-5-2-6-12-24)39-35(40-34)31-32-30(26-19-20-36-21-28(26)37-31)27-13-7-8-14-29(27)41-32/h1-21H. The maximum Gasteiger partial charge on any atom is 0.183 e. The van der Waals surface area contributed by atoms with Gasteiger partial charge >= 0.3 is 0 Å². The maximum atomic E-state index is 5.09. The van der Waals surface area contributed by atoms with Gasteiger partial charge in [0.05, 0.1) is 16.4 Å². The van der Waals surface area contributed by atoms with Crippen molar-refractivity contribution in [2.45, 2.75) is 0 Å². The van der Waals surface area contributed by atoms with Gasteiger partial charge in [-0.2, -0.15) is 0 Å². The molecule has 0 saturated carbocycles. The quantitative estimate of drug-likeness (QED) is 0.222. The van der Waals surface area contributed by atoms with Gasteiger partial charge in [0, 0.05) is 38.2 Å². The molecule has 192 valence electrons. The second kappa shape index (κ2) is 9.70. The molecule has 5 nitrogen and oxygen atoms in total. The summed E-state index contributed by atoms with van der Waals surface area (Å²) in [5.41, 5.74) is 5.70. The minimum Gasteiger partial charge on any atom is -0.262 e. The molecule has 0 N–H and O–H groups in total. The SMILES string of the molecule is c1ccc(-c2ccc(-c3nc(-c4ccccc4)nc(-c4nc5cnccc5c5c4sc4ccccc45)n3)cc2)cc1. The van der Waals surface area contributed by atoms with E-state index in [4.69, 9.17) is 19.9 Å². The third-order valence-corrected chi connectivity index (χ3v) is 8.42. The Bertz CT molecular complexity index is 2190. The van der Waals surface area contributed by atoms with Crippen LogP contribution in [0.15, 0.2) is 128 Å². The number of hydrogen-bond donors (Lipinski definition) is 0. The highest BCUT2D eigenvalue weighted by Gasteiger charge is 2.20. The van der Waals surface area contributed by atoms with Gasteiger partial charge in [-0.3, -0.25) is 4.98 Å². The molecule has 0 radical (unpaired) electrons. The van der Waals surface area contributed by atoms with Crippen LogP contribution in [0.25, 0.3) is 76.5 Å². The van der Waals surface area contributed by atoms with Gasteiger partial charge in [0.15, 0.2) is 17.5 Å². The average Bonchev–Trinajstić information content (AvgIpc) is 3.45. The first kappa shape index (κ1) is 23.5. The molecule has 0 aliphatic carbocycles. The van der Waals surface area contributed by atoms with Crippen molar-refractivity contribution < 1.29 is 0 Å². The Labute approximate surface area is 239 Å². The summed E-state index contributed by atoms with van der Waals surface area (Å²) in [6.45, 7) is 0. The molecule has 0 bridgehead atoms. The highest BCUT2D eigenvalue weighted by Crippen LogP contribution is 2.42. The summed E-state index contributed by atoms with van der Waals surface area (Å²) < 4.78 is 2.25. The fraction of sp³-hybridized carbons (Fsp3) is 0. The number of pyridine rings is 2. The van der Waals surface area contributed by atoms with Crippen LogP contribution < -0.4 is 0 Å². The summed E-state index contributed by atoms with van der Waals surface area (Å²) in [6, 6.07) is 39.3. The predicted octanol–water partition coefficient (Wildman–Crippen LogP) is 8.85. The molecule has 41 heavy (non-hydrogen) atoms. The minimum absolute atomic E-state index is 0.545. The van der Waals surface area contributed by atoms with Crippen molar-refractivity contribution in [1.82, 2.24) is 24.9 Å². The fourth-order valence-electron chi connectivity index (χ4n) is 5.26. The Kier molecular flexibility index (Phi) is 5.57. The molecule has 8 rings (SSSR count). The van der Waals surface area contributed by atoms with E-state index in [1.54, 1.807) is 11.3 Å². The van der Waals surface area contributed by atoms with Crippen LogP contribution in [-0.4, -0.2) is 24.9 Å². The molecular weight excluding hydrogens is 522 g/mol. The largest absolute Gasteiger partial charge is 0.262 e. The van der Waals surface area contributed by atoms with Crippen molar-refractivity contribution in [3.05, 3.63) is 128 Å². The fourth-order valence-corrected chi connectivity index (χ4v) is 6.46. The molecule has 6 heteroatoms. The minimum atomic E-state index is 0.545. The van der Waals surface area contributed by atoms with Gasteiger partial charge in [0.1, 0.15) is 5.69 Å². The van der Waals surface area contributed by atoms with Gasteiger partial charge in [-0.05, 0) is 23.3 Å². The summed E-state index contributed by atoms with van der Waals surface area (Å²) in [4.78, 5) is 24.4. The van der Waals surface area contributed by atoms with E-state index >= 15 is 0 Å². The van der Waals surface area contributed by atoms with Crippen molar-refractivity contribution in [3.8, 4) is 45.4 Å². The second-order valence-corrected chi connectivity index (χ2v) is 10.8. The zero-order valence-corrected chi connectivity index (χ0v) is 22.6. The number of aromatic nitrogens is 5. The summed E-state index contributed by atoms with van der Waals surface area (Å²) >= 11 is 1.72. The number of fused-ring (bicyclic) bond motifs is 5. The normalized spacial score (nSPS) is 11.4. The molecule has 0 saturated heterocycles. The lowest BCUT2D eigenvalue weighted by Crippen LogP contribution is -2.01. The van der Waals surface area contributed by atoms with Crippen LogP contribution in [0.3, 0.4) is 0 Å². The molecule has 0 amide bonds. The first-order chi connectivity index (χ1) is 20.3. The van der Waals surface area contributed by atoms with Gasteiger partial charge < -0.3 is 0 Å². The highest BCUT2D eigenvalue weighted by molar-refractivity contribution is 7.26. The number of thiophene rings is 1. The molecule has 0 spiro atoms. The van der Waals surface area contributed by atoms with E-state index in [2.05, 4.69) is 77.8 Å². The molecule has 0 atom stereocenters. The predicted molar refractivity (Wildman–Crippen MR) is 168 cm³/mol. The second-order valence-electron chi connectivity index (χ2n) is 9.77. The molecule has 0 aliphatic rings. The molecule has 4 aromatic carbocycles. The first-order valence-electron chi connectivity index (χ1n) is 13.3. The van der Waals surface area contributed by atoms with Gasteiger partial charge in [0.25, 0.3) is 0 Å². The molecule has 8 aromatic rings. The lowest BCUT2D eigenvalue weighted by Gasteiger charge is -2.10. The van der Waals surface area contributed by atoms with E-state index in [1.165, 1.54) is 15.6 Å². The van der Waals surface area contributed by atoms with E-state index < -0.39 is 0 Å². The van der Waals surface area contributed by atoms with Gasteiger partial charge in [0.2, 0.25) is 0 Å². The van der Waals surface area contributed by atoms with Crippen molar-refractivity contribution in [1.29, 1.82) is 0 Å². The van der Waals surface area contributed by atoms with Gasteiger partial charge in [-0.15, -0.1) is 11.3 Å². The Balaban J connectivity index is 1.37. The number of rotatable bonds is 4. The van der Waals surface area contributed by atoms with Crippen LogP contribution in [0.5, 0.6) is 0 Å². The Morgan fingerprint density at radius 2 is 1.05 bits per heavy atom. The Morgan fingerprint density at radius 3 is 1.80 bits per heavy atom. The monoisotopic (exact) mass is 543 g/mol. The van der Waals surface area contributed by atoms with Crippen LogP contribution in [0.4, 0.5) is 0 Å². The Hall–Kier alpha value is -5.33. The summed E-state index contributed by atoms with van der Waals surface area (Å²) in [5.74, 6) is 1.76. The van der Waals surface area contributed by atoms with Gasteiger partial charge in [-0.25, -0.2) is 19.9 Å². The maximum absolute atomic E-state index is 5.09. The third kappa shape index (κ3) is 4.13. The zero-order valence-electron chi connectivity index (χ0n) is 21.8. The van der Waals surface area contributed by atoms with Crippen LogP contribution in [0.1, 0.15) is 0 Å². The van der Waals surface area contributed by atoms with Crippen LogP contribution in [-0.2, 0) is 0 Å². The summed E-state index contributed by atoms with van der Waals surface area (Å²) in [6.07, 6.45) is 3.64.